The molecule has 0 aliphatic carbocycles. The molecule has 1 atom stereocenters. The van der Waals surface area contributed by atoms with Crippen LogP contribution in [0.3, 0.4) is 0 Å². The van der Waals surface area contributed by atoms with Gasteiger partial charge in [0.2, 0.25) is 0 Å². The Labute approximate surface area is 144 Å². The van der Waals surface area contributed by atoms with Crippen molar-refractivity contribution in [1.29, 1.82) is 0 Å². The molecule has 0 spiro atoms. The van der Waals surface area contributed by atoms with Gasteiger partial charge >= 0.3 is 5.97 Å². The minimum Gasteiger partial charge on any atom is -0.493 e. The van der Waals surface area contributed by atoms with E-state index >= 15 is 0 Å². The fourth-order valence-corrected chi connectivity index (χ4v) is 3.22. The van der Waals surface area contributed by atoms with Crippen LogP contribution in [0.1, 0.15) is 30.9 Å². The monoisotopic (exact) mass is 336 g/mol. The van der Waals surface area contributed by atoms with Gasteiger partial charge in [-0.25, -0.2) is 0 Å². The van der Waals surface area contributed by atoms with Gasteiger partial charge in [0.15, 0.2) is 11.5 Å². The second-order valence-electron chi connectivity index (χ2n) is 6.24. The minimum atomic E-state index is -0.858. The number of methoxy groups -OCH3 is 2. The Morgan fingerprint density at radius 3 is 2.46 bits per heavy atom. The van der Waals surface area contributed by atoms with Crippen molar-refractivity contribution in [1.82, 2.24) is 9.80 Å². The zero-order valence-electron chi connectivity index (χ0n) is 14.8. The summed E-state index contributed by atoms with van der Waals surface area (Å²) < 4.78 is 10.5. The molecule has 1 aromatic carbocycles. The van der Waals surface area contributed by atoms with Crippen molar-refractivity contribution < 1.29 is 19.4 Å². The molecule has 0 saturated carbocycles. The van der Waals surface area contributed by atoms with Gasteiger partial charge < -0.3 is 19.5 Å². The van der Waals surface area contributed by atoms with Crippen molar-refractivity contribution in [2.24, 2.45) is 0 Å². The van der Waals surface area contributed by atoms with E-state index in [1.165, 1.54) is 19.3 Å². The SMILES string of the molecule is COc1ccc(C(C(=O)O)N(C)CCN2CCCCC2)cc1OC. The number of hydrogen-bond acceptors (Lipinski definition) is 5. The number of nitrogens with zero attached hydrogens (tertiary/aromatic N) is 2. The molecule has 0 bridgehead atoms. The van der Waals surface area contributed by atoms with Gasteiger partial charge in [-0.2, -0.15) is 0 Å². The fourth-order valence-electron chi connectivity index (χ4n) is 3.22. The molecule has 24 heavy (non-hydrogen) atoms. The summed E-state index contributed by atoms with van der Waals surface area (Å²) in [6.07, 6.45) is 3.78. The lowest BCUT2D eigenvalue weighted by molar-refractivity contribution is -0.143. The molecule has 1 heterocycles. The standard InChI is InChI=1S/C18H28N2O4/c1-19(11-12-20-9-5-4-6-10-20)17(18(21)22)14-7-8-15(23-2)16(13-14)24-3/h7-8,13,17H,4-6,9-12H2,1-3H3,(H,21,22). The number of rotatable bonds is 8. The van der Waals surface area contributed by atoms with Crippen molar-refractivity contribution in [2.45, 2.75) is 25.3 Å². The number of likely N-dealkylation sites (tertiary alicyclic amines) is 1. The highest BCUT2D eigenvalue weighted by molar-refractivity contribution is 5.76. The lowest BCUT2D eigenvalue weighted by atomic mass is 10.0. The number of likely N-dealkylation sites (N-methyl/N-ethyl adjacent to an activating group) is 1. The number of ether oxygens (including phenoxy) is 2. The second-order valence-corrected chi connectivity index (χ2v) is 6.24. The summed E-state index contributed by atoms with van der Waals surface area (Å²) in [5, 5.41) is 9.70. The lowest BCUT2D eigenvalue weighted by Crippen LogP contribution is -2.39. The topological polar surface area (TPSA) is 62.2 Å². The van der Waals surface area contributed by atoms with Crippen molar-refractivity contribution >= 4 is 5.97 Å². The number of carboxylic acid groups (broad SMARTS) is 1. The number of piperidine rings is 1. The third-order valence-electron chi connectivity index (χ3n) is 4.62. The molecule has 0 amide bonds. The smallest absolute Gasteiger partial charge is 0.325 e. The average molecular weight is 336 g/mol. The van der Waals surface area contributed by atoms with Crippen LogP contribution in [0.4, 0.5) is 0 Å². The van der Waals surface area contributed by atoms with Crippen molar-refractivity contribution in [3.05, 3.63) is 23.8 Å². The third-order valence-corrected chi connectivity index (χ3v) is 4.62. The first-order valence-electron chi connectivity index (χ1n) is 8.44. The maximum Gasteiger partial charge on any atom is 0.325 e. The normalized spacial score (nSPS) is 16.8. The van der Waals surface area contributed by atoms with Gasteiger partial charge in [-0.05, 0) is 50.7 Å². The zero-order chi connectivity index (χ0) is 17.5. The Balaban J connectivity index is 2.08. The first-order valence-corrected chi connectivity index (χ1v) is 8.44. The zero-order valence-corrected chi connectivity index (χ0v) is 14.8. The van der Waals surface area contributed by atoms with E-state index in [2.05, 4.69) is 4.90 Å². The van der Waals surface area contributed by atoms with E-state index in [9.17, 15) is 9.90 Å². The Kier molecular flexibility index (Phi) is 6.87. The van der Waals surface area contributed by atoms with Gasteiger partial charge in [-0.1, -0.05) is 12.5 Å². The van der Waals surface area contributed by atoms with Crippen LogP contribution in [0, 0.1) is 0 Å². The summed E-state index contributed by atoms with van der Waals surface area (Å²) in [5.74, 6) is 0.287. The number of carboxylic acids is 1. The molecule has 1 aliphatic rings. The molecule has 2 rings (SSSR count). The van der Waals surface area contributed by atoms with Gasteiger partial charge in [-0.15, -0.1) is 0 Å². The Morgan fingerprint density at radius 1 is 1.21 bits per heavy atom. The quantitative estimate of drug-likeness (QED) is 0.786. The molecule has 134 valence electrons. The second kappa shape index (κ2) is 8.89. The predicted molar refractivity (Wildman–Crippen MR) is 92.8 cm³/mol. The number of aliphatic carboxylic acids is 1. The highest BCUT2D eigenvalue weighted by Gasteiger charge is 2.26. The molecular formula is C18H28N2O4. The molecule has 6 nitrogen and oxygen atoms in total. The summed E-state index contributed by atoms with van der Waals surface area (Å²) >= 11 is 0. The van der Waals surface area contributed by atoms with Gasteiger partial charge in [0, 0.05) is 13.1 Å². The molecule has 1 aliphatic heterocycles. The van der Waals surface area contributed by atoms with Crippen LogP contribution >= 0.6 is 0 Å². The minimum absolute atomic E-state index is 0.547. The van der Waals surface area contributed by atoms with E-state index in [-0.39, 0.29) is 0 Å². The van der Waals surface area contributed by atoms with Crippen LogP contribution < -0.4 is 9.47 Å². The van der Waals surface area contributed by atoms with Gasteiger partial charge in [-0.3, -0.25) is 9.69 Å². The summed E-state index contributed by atoms with van der Waals surface area (Å²) in [4.78, 5) is 16.1. The molecule has 1 unspecified atom stereocenters. The van der Waals surface area contributed by atoms with E-state index < -0.39 is 12.0 Å². The Bertz CT molecular complexity index is 544. The van der Waals surface area contributed by atoms with Crippen LogP contribution in [0.25, 0.3) is 0 Å². The summed E-state index contributed by atoms with van der Waals surface area (Å²) in [5.41, 5.74) is 0.696. The number of benzene rings is 1. The van der Waals surface area contributed by atoms with E-state index in [4.69, 9.17) is 9.47 Å². The molecule has 1 N–H and O–H groups in total. The summed E-state index contributed by atoms with van der Waals surface area (Å²) in [6, 6.07) is 4.59. The summed E-state index contributed by atoms with van der Waals surface area (Å²) in [6.45, 7) is 3.84. The lowest BCUT2D eigenvalue weighted by Gasteiger charge is -2.31. The highest BCUT2D eigenvalue weighted by Crippen LogP contribution is 2.31. The van der Waals surface area contributed by atoms with E-state index in [1.807, 2.05) is 11.9 Å². The molecule has 0 aromatic heterocycles. The fraction of sp³-hybridized carbons (Fsp3) is 0.611. The van der Waals surface area contributed by atoms with Crippen LogP contribution in [0.15, 0.2) is 18.2 Å². The molecule has 1 aromatic rings. The van der Waals surface area contributed by atoms with E-state index in [1.54, 1.807) is 32.4 Å². The molecule has 1 fully saturated rings. The Hall–Kier alpha value is -1.79. The molecular weight excluding hydrogens is 308 g/mol. The molecule has 1 saturated heterocycles. The van der Waals surface area contributed by atoms with E-state index in [0.29, 0.717) is 23.6 Å². The highest BCUT2D eigenvalue weighted by atomic mass is 16.5. The molecule has 6 heteroatoms. The van der Waals surface area contributed by atoms with Crippen molar-refractivity contribution in [2.75, 3.05) is 47.4 Å². The van der Waals surface area contributed by atoms with Crippen LogP contribution in [-0.4, -0.2) is 68.3 Å². The van der Waals surface area contributed by atoms with Crippen LogP contribution in [0.5, 0.6) is 11.5 Å². The maximum absolute atomic E-state index is 11.8. The van der Waals surface area contributed by atoms with Crippen molar-refractivity contribution in [3.8, 4) is 11.5 Å². The van der Waals surface area contributed by atoms with Crippen LogP contribution in [0.2, 0.25) is 0 Å². The number of carbonyl (C=O) groups is 1. The first kappa shape index (κ1) is 18.5. The van der Waals surface area contributed by atoms with Gasteiger partial charge in [0.05, 0.1) is 14.2 Å². The molecule has 0 radical (unpaired) electrons. The first-order chi connectivity index (χ1) is 11.6. The van der Waals surface area contributed by atoms with Crippen LogP contribution in [-0.2, 0) is 4.79 Å². The van der Waals surface area contributed by atoms with Crippen molar-refractivity contribution in [3.63, 3.8) is 0 Å². The number of hydrogen-bond donors (Lipinski definition) is 1. The largest absolute Gasteiger partial charge is 0.493 e. The van der Waals surface area contributed by atoms with Gasteiger partial charge in [0.25, 0.3) is 0 Å². The average Bonchev–Trinajstić information content (AvgIpc) is 2.60. The van der Waals surface area contributed by atoms with Gasteiger partial charge in [0.1, 0.15) is 6.04 Å². The van der Waals surface area contributed by atoms with E-state index in [0.717, 1.165) is 19.6 Å². The maximum atomic E-state index is 11.8. The third kappa shape index (κ3) is 4.61. The predicted octanol–water partition coefficient (Wildman–Crippen LogP) is 2.25. The Morgan fingerprint density at radius 2 is 1.88 bits per heavy atom. The summed E-state index contributed by atoms with van der Waals surface area (Å²) in [7, 11) is 4.98.